The second-order valence-corrected chi connectivity index (χ2v) is 3.91. The van der Waals surface area contributed by atoms with Gasteiger partial charge in [0.05, 0.1) is 18.1 Å². The van der Waals surface area contributed by atoms with Gasteiger partial charge in [0.15, 0.2) is 0 Å². The molecule has 0 saturated heterocycles. The fourth-order valence-corrected chi connectivity index (χ4v) is 1.91. The summed E-state index contributed by atoms with van der Waals surface area (Å²) < 4.78 is 26.3. The molecule has 9 heteroatoms. The summed E-state index contributed by atoms with van der Waals surface area (Å²) in [5.41, 5.74) is -0.0428. The van der Waals surface area contributed by atoms with Gasteiger partial charge in [-0.2, -0.15) is 5.10 Å². The Kier molecular flexibility index (Phi) is 5.16. The summed E-state index contributed by atoms with van der Waals surface area (Å²) in [4.78, 5) is 11.5. The molecule has 1 heterocycles. The zero-order valence-electron chi connectivity index (χ0n) is 10.7. The van der Waals surface area contributed by atoms with Crippen molar-refractivity contribution in [2.75, 3.05) is 24.6 Å². The molecular formula is C10H16F2N4O3. The van der Waals surface area contributed by atoms with Crippen LogP contribution in [0.4, 0.5) is 20.3 Å². The molecule has 0 unspecified atom stereocenters. The van der Waals surface area contributed by atoms with E-state index >= 15 is 0 Å². The van der Waals surface area contributed by atoms with Gasteiger partial charge in [0.1, 0.15) is 5.69 Å². The number of rotatable bonds is 7. The summed E-state index contributed by atoms with van der Waals surface area (Å²) in [5, 5.41) is 24.0. The Morgan fingerprint density at radius 1 is 1.58 bits per heavy atom. The Morgan fingerprint density at radius 2 is 2.21 bits per heavy atom. The van der Waals surface area contributed by atoms with Gasteiger partial charge in [-0.1, -0.05) is 6.92 Å². The van der Waals surface area contributed by atoms with Crippen LogP contribution in [0.5, 0.6) is 0 Å². The summed E-state index contributed by atoms with van der Waals surface area (Å²) in [6, 6.07) is 0. The maximum Gasteiger partial charge on any atom is 0.334 e. The van der Waals surface area contributed by atoms with E-state index in [-0.39, 0.29) is 30.4 Å². The molecule has 7 nitrogen and oxygen atoms in total. The first-order valence-electron chi connectivity index (χ1n) is 5.76. The number of aromatic nitrogens is 2. The molecule has 0 aliphatic carbocycles. The van der Waals surface area contributed by atoms with Crippen LogP contribution in [0.3, 0.4) is 0 Å². The number of aryl methyl sites for hydroxylation is 2. The van der Waals surface area contributed by atoms with Crippen LogP contribution in [0, 0.1) is 10.1 Å². The molecule has 1 aromatic rings. The number of nitrogens with zero attached hydrogens (tertiary/aromatic N) is 4. The molecule has 0 aliphatic heterocycles. The Labute approximate surface area is 108 Å². The molecule has 0 bridgehead atoms. The molecule has 1 aromatic heterocycles. The van der Waals surface area contributed by atoms with E-state index in [0.29, 0.717) is 6.42 Å². The van der Waals surface area contributed by atoms with Gasteiger partial charge in [0.25, 0.3) is 6.43 Å². The van der Waals surface area contributed by atoms with E-state index in [1.54, 1.807) is 6.92 Å². The third-order valence-electron chi connectivity index (χ3n) is 2.61. The number of aliphatic hydroxyl groups excluding tert-OH is 1. The monoisotopic (exact) mass is 278 g/mol. The predicted molar refractivity (Wildman–Crippen MR) is 64.5 cm³/mol. The number of anilines is 1. The van der Waals surface area contributed by atoms with Gasteiger partial charge in [-0.3, -0.25) is 10.1 Å². The highest BCUT2D eigenvalue weighted by molar-refractivity contribution is 5.61. The van der Waals surface area contributed by atoms with E-state index < -0.39 is 17.9 Å². The van der Waals surface area contributed by atoms with Crippen LogP contribution in [0.1, 0.15) is 12.6 Å². The number of halogens is 2. The van der Waals surface area contributed by atoms with E-state index in [0.717, 1.165) is 4.90 Å². The second kappa shape index (κ2) is 6.41. The minimum absolute atomic E-state index is 0.00352. The lowest BCUT2D eigenvalue weighted by atomic mass is 10.3. The van der Waals surface area contributed by atoms with Gasteiger partial charge in [-0.05, 0) is 6.42 Å². The Bertz CT molecular complexity index is 450. The number of hydrogen-bond acceptors (Lipinski definition) is 5. The number of nitro groups is 1. The SMILES string of the molecule is CCc1nn(C)c(N(CCO)CC(F)F)c1[N+](=O)[O-]. The zero-order chi connectivity index (χ0) is 14.6. The number of alkyl halides is 2. The first-order valence-corrected chi connectivity index (χ1v) is 5.76. The van der Waals surface area contributed by atoms with Crippen molar-refractivity contribution in [1.82, 2.24) is 9.78 Å². The smallest absolute Gasteiger partial charge is 0.334 e. The molecule has 0 amide bonds. The lowest BCUT2D eigenvalue weighted by Crippen LogP contribution is -2.33. The van der Waals surface area contributed by atoms with E-state index in [1.807, 2.05) is 0 Å². The molecule has 0 fully saturated rings. The van der Waals surface area contributed by atoms with Gasteiger partial charge in [0, 0.05) is 13.6 Å². The largest absolute Gasteiger partial charge is 0.395 e. The van der Waals surface area contributed by atoms with Gasteiger partial charge in [-0.15, -0.1) is 0 Å². The highest BCUT2D eigenvalue weighted by Crippen LogP contribution is 2.31. The second-order valence-electron chi connectivity index (χ2n) is 3.91. The van der Waals surface area contributed by atoms with Crippen LogP contribution in [-0.2, 0) is 13.5 Å². The highest BCUT2D eigenvalue weighted by atomic mass is 19.3. The lowest BCUT2D eigenvalue weighted by Gasteiger charge is -2.22. The van der Waals surface area contributed by atoms with E-state index in [2.05, 4.69) is 5.10 Å². The molecule has 0 spiro atoms. The third kappa shape index (κ3) is 3.37. The zero-order valence-corrected chi connectivity index (χ0v) is 10.7. The topological polar surface area (TPSA) is 84.4 Å². The van der Waals surface area contributed by atoms with Crippen LogP contribution in [0.15, 0.2) is 0 Å². The van der Waals surface area contributed by atoms with Gasteiger partial charge < -0.3 is 10.0 Å². The van der Waals surface area contributed by atoms with E-state index in [9.17, 15) is 18.9 Å². The molecule has 1 rings (SSSR count). The first kappa shape index (κ1) is 15.3. The molecule has 19 heavy (non-hydrogen) atoms. The van der Waals surface area contributed by atoms with Crippen LogP contribution in [0.2, 0.25) is 0 Å². The van der Waals surface area contributed by atoms with Crippen molar-refractivity contribution in [2.24, 2.45) is 7.05 Å². The first-order chi connectivity index (χ1) is 8.92. The normalized spacial score (nSPS) is 11.1. The average molecular weight is 278 g/mol. The van der Waals surface area contributed by atoms with Crippen molar-refractivity contribution in [3.05, 3.63) is 15.8 Å². The van der Waals surface area contributed by atoms with Crippen LogP contribution in [0.25, 0.3) is 0 Å². The van der Waals surface area contributed by atoms with Crippen molar-refractivity contribution in [3.8, 4) is 0 Å². The van der Waals surface area contributed by atoms with Crippen LogP contribution in [-0.4, -0.2) is 45.9 Å². The summed E-state index contributed by atoms with van der Waals surface area (Å²) in [5.74, 6) is -0.00352. The Balaban J connectivity index is 3.27. The lowest BCUT2D eigenvalue weighted by molar-refractivity contribution is -0.384. The number of hydrogen-bond donors (Lipinski definition) is 1. The van der Waals surface area contributed by atoms with Crippen LogP contribution < -0.4 is 4.90 Å². The summed E-state index contributed by atoms with van der Waals surface area (Å²) in [6.45, 7) is 0.511. The molecule has 1 N–H and O–H groups in total. The molecule has 0 radical (unpaired) electrons. The molecule has 108 valence electrons. The maximum atomic E-state index is 12.5. The maximum absolute atomic E-state index is 12.5. The molecule has 0 saturated carbocycles. The van der Waals surface area contributed by atoms with Crippen molar-refractivity contribution in [3.63, 3.8) is 0 Å². The van der Waals surface area contributed by atoms with Gasteiger partial charge in [0.2, 0.25) is 5.82 Å². The third-order valence-corrected chi connectivity index (χ3v) is 2.61. The molecule has 0 aromatic carbocycles. The van der Waals surface area contributed by atoms with Crippen molar-refractivity contribution < 1.29 is 18.8 Å². The number of aliphatic hydroxyl groups is 1. The van der Waals surface area contributed by atoms with E-state index in [4.69, 9.17) is 5.11 Å². The fraction of sp³-hybridized carbons (Fsp3) is 0.700. The minimum Gasteiger partial charge on any atom is -0.395 e. The summed E-state index contributed by atoms with van der Waals surface area (Å²) in [7, 11) is 1.46. The average Bonchev–Trinajstić information content (AvgIpc) is 2.65. The van der Waals surface area contributed by atoms with Gasteiger partial charge in [-0.25, -0.2) is 13.5 Å². The Hall–Kier alpha value is -1.77. The molecule has 0 atom stereocenters. The highest BCUT2D eigenvalue weighted by Gasteiger charge is 2.30. The van der Waals surface area contributed by atoms with Crippen molar-refractivity contribution >= 4 is 11.5 Å². The standard InChI is InChI=1S/C10H16F2N4O3/c1-3-7-9(16(18)19)10(14(2)13-7)15(4-5-17)6-8(11)12/h8,17H,3-6H2,1-2H3. The summed E-state index contributed by atoms with van der Waals surface area (Å²) in [6.07, 6.45) is -2.34. The summed E-state index contributed by atoms with van der Waals surface area (Å²) >= 11 is 0. The van der Waals surface area contributed by atoms with Gasteiger partial charge >= 0.3 is 5.69 Å². The predicted octanol–water partition coefficient (Wildman–Crippen LogP) is 0.954. The Morgan fingerprint density at radius 3 is 2.63 bits per heavy atom. The van der Waals surface area contributed by atoms with Crippen molar-refractivity contribution in [1.29, 1.82) is 0 Å². The fourth-order valence-electron chi connectivity index (χ4n) is 1.91. The van der Waals surface area contributed by atoms with E-state index in [1.165, 1.54) is 11.7 Å². The molecular weight excluding hydrogens is 262 g/mol. The minimum atomic E-state index is -2.66. The molecule has 0 aliphatic rings. The van der Waals surface area contributed by atoms with Crippen molar-refractivity contribution in [2.45, 2.75) is 19.8 Å². The quantitative estimate of drug-likeness (QED) is 0.593. The van der Waals surface area contributed by atoms with Crippen LogP contribution >= 0.6 is 0 Å².